The molecule has 0 spiro atoms. The van der Waals surface area contributed by atoms with E-state index >= 15 is 0 Å². The molecule has 1 N–H and O–H groups in total. The Morgan fingerprint density at radius 1 is 1.44 bits per heavy atom. The van der Waals surface area contributed by atoms with Crippen LogP contribution in [0.5, 0.6) is 0 Å². The lowest BCUT2D eigenvalue weighted by Crippen LogP contribution is -2.13. The molecular weight excluding hydrogens is 230 g/mol. The molecule has 16 heavy (non-hydrogen) atoms. The molecule has 0 saturated heterocycles. The van der Waals surface area contributed by atoms with E-state index in [-0.39, 0.29) is 10.5 Å². The van der Waals surface area contributed by atoms with Crippen molar-refractivity contribution in [3.8, 4) is 0 Å². The summed E-state index contributed by atoms with van der Waals surface area (Å²) in [6.45, 7) is 0. The molecule has 0 aromatic heterocycles. The van der Waals surface area contributed by atoms with E-state index in [0.717, 1.165) is 0 Å². The van der Waals surface area contributed by atoms with E-state index in [2.05, 4.69) is 4.74 Å². The molecule has 6 heteroatoms. The number of carbonyl (C=O) groups is 1. The zero-order chi connectivity index (χ0) is 12.3. The summed E-state index contributed by atoms with van der Waals surface area (Å²) < 4.78 is 24.8. The lowest BCUT2D eigenvalue weighted by atomic mass is 10.2. The fourth-order valence-corrected chi connectivity index (χ4v) is 1.93. The monoisotopic (exact) mass is 243 g/mol. The lowest BCUT2D eigenvalue weighted by molar-refractivity contribution is 0.0600. The molecule has 0 aliphatic heterocycles. The van der Waals surface area contributed by atoms with Crippen molar-refractivity contribution in [1.82, 2.24) is 0 Å². The van der Waals surface area contributed by atoms with Gasteiger partial charge in [-0.1, -0.05) is 0 Å². The first-order chi connectivity index (χ1) is 7.47. The third kappa shape index (κ3) is 2.59. The standard InChI is InChI=1S/C10H13NO4S/c1-11(2)8-5-4-7(10(12)15-3)6-9(8)16(13)14/h4-6H,1-3H3,(H,13,14). The van der Waals surface area contributed by atoms with Gasteiger partial charge in [-0.2, -0.15) is 0 Å². The maximum atomic E-state index is 11.3. The van der Waals surface area contributed by atoms with Crippen LogP contribution in [0.15, 0.2) is 23.1 Å². The molecule has 0 amide bonds. The Labute approximate surface area is 96.3 Å². The second-order valence-corrected chi connectivity index (χ2v) is 4.26. The van der Waals surface area contributed by atoms with Crippen molar-refractivity contribution in [2.24, 2.45) is 0 Å². The Morgan fingerprint density at radius 2 is 2.06 bits per heavy atom. The summed E-state index contributed by atoms with van der Waals surface area (Å²) >= 11 is -2.14. The van der Waals surface area contributed by atoms with Crippen LogP contribution in [0.1, 0.15) is 10.4 Å². The van der Waals surface area contributed by atoms with Crippen molar-refractivity contribution in [3.05, 3.63) is 23.8 Å². The molecule has 0 aliphatic rings. The van der Waals surface area contributed by atoms with E-state index in [4.69, 9.17) is 4.55 Å². The number of hydrogen-bond acceptors (Lipinski definition) is 4. The van der Waals surface area contributed by atoms with Crippen LogP contribution in [0.3, 0.4) is 0 Å². The largest absolute Gasteiger partial charge is 0.465 e. The third-order valence-electron chi connectivity index (χ3n) is 2.05. The number of hydrogen-bond donors (Lipinski definition) is 1. The molecule has 5 nitrogen and oxygen atoms in total. The van der Waals surface area contributed by atoms with E-state index in [0.29, 0.717) is 5.69 Å². The minimum atomic E-state index is -2.14. The minimum Gasteiger partial charge on any atom is -0.465 e. The molecule has 1 aromatic rings. The van der Waals surface area contributed by atoms with Gasteiger partial charge in [0, 0.05) is 14.1 Å². The van der Waals surface area contributed by atoms with Crippen molar-refractivity contribution >= 4 is 22.7 Å². The predicted octanol–water partition coefficient (Wildman–Crippen LogP) is 1.12. The Balaban J connectivity index is 3.28. The zero-order valence-electron chi connectivity index (χ0n) is 9.26. The van der Waals surface area contributed by atoms with E-state index in [1.54, 1.807) is 31.1 Å². The topological polar surface area (TPSA) is 66.8 Å². The van der Waals surface area contributed by atoms with Gasteiger partial charge in [0.05, 0.1) is 23.3 Å². The van der Waals surface area contributed by atoms with Gasteiger partial charge in [0.15, 0.2) is 11.1 Å². The molecule has 1 unspecified atom stereocenters. The number of esters is 1. The first kappa shape index (κ1) is 12.7. The zero-order valence-corrected chi connectivity index (χ0v) is 10.1. The maximum absolute atomic E-state index is 11.3. The molecule has 0 bridgehead atoms. The number of ether oxygens (including phenoxy) is 1. The first-order valence-corrected chi connectivity index (χ1v) is 5.58. The van der Waals surface area contributed by atoms with E-state index in [1.165, 1.54) is 13.2 Å². The van der Waals surface area contributed by atoms with Crippen molar-refractivity contribution in [3.63, 3.8) is 0 Å². The summed E-state index contributed by atoms with van der Waals surface area (Å²) in [5.41, 5.74) is 0.846. The Bertz CT molecular complexity index is 431. The molecular formula is C10H13NO4S. The van der Waals surface area contributed by atoms with Crippen LogP contribution >= 0.6 is 0 Å². The summed E-state index contributed by atoms with van der Waals surface area (Å²) in [5, 5.41) is 0. The van der Waals surface area contributed by atoms with Crippen LogP contribution in [0.4, 0.5) is 5.69 Å². The number of methoxy groups -OCH3 is 1. The Morgan fingerprint density at radius 3 is 2.50 bits per heavy atom. The summed E-state index contributed by atoms with van der Waals surface area (Å²) in [7, 11) is 4.77. The smallest absolute Gasteiger partial charge is 0.337 e. The molecule has 1 rings (SSSR count). The van der Waals surface area contributed by atoms with Gasteiger partial charge in [-0.05, 0) is 18.2 Å². The van der Waals surface area contributed by atoms with Crippen molar-refractivity contribution in [2.75, 3.05) is 26.1 Å². The fraction of sp³-hybridized carbons (Fsp3) is 0.300. The lowest BCUT2D eigenvalue weighted by Gasteiger charge is -2.16. The highest BCUT2D eigenvalue weighted by Crippen LogP contribution is 2.23. The Hall–Kier alpha value is -1.40. The van der Waals surface area contributed by atoms with Gasteiger partial charge in [-0.3, -0.25) is 0 Å². The predicted molar refractivity (Wildman–Crippen MR) is 61.1 cm³/mol. The maximum Gasteiger partial charge on any atom is 0.337 e. The molecule has 0 aliphatic carbocycles. The number of nitrogens with zero attached hydrogens (tertiary/aromatic N) is 1. The minimum absolute atomic E-state index is 0.188. The van der Waals surface area contributed by atoms with Crippen LogP contribution in [-0.4, -0.2) is 35.9 Å². The third-order valence-corrected chi connectivity index (χ3v) is 2.75. The number of carbonyl (C=O) groups excluding carboxylic acids is 1. The van der Waals surface area contributed by atoms with E-state index in [1.807, 2.05) is 0 Å². The van der Waals surface area contributed by atoms with Crippen molar-refractivity contribution < 1.29 is 18.3 Å². The second-order valence-electron chi connectivity index (χ2n) is 3.32. The van der Waals surface area contributed by atoms with Crippen LogP contribution < -0.4 is 4.90 Å². The highest BCUT2D eigenvalue weighted by Gasteiger charge is 2.14. The summed E-state index contributed by atoms with van der Waals surface area (Å²) in [6.07, 6.45) is 0. The highest BCUT2D eigenvalue weighted by atomic mass is 32.2. The molecule has 0 heterocycles. The second kappa shape index (κ2) is 5.09. The number of benzene rings is 1. The van der Waals surface area contributed by atoms with Crippen LogP contribution in [0.25, 0.3) is 0 Å². The van der Waals surface area contributed by atoms with Crippen molar-refractivity contribution in [1.29, 1.82) is 0 Å². The first-order valence-electron chi connectivity index (χ1n) is 4.48. The molecule has 0 saturated carbocycles. The molecule has 88 valence electrons. The van der Waals surface area contributed by atoms with Gasteiger partial charge in [-0.15, -0.1) is 0 Å². The molecule has 1 atom stereocenters. The summed E-state index contributed by atoms with van der Waals surface area (Å²) in [5.74, 6) is -0.531. The van der Waals surface area contributed by atoms with Crippen LogP contribution in [0.2, 0.25) is 0 Å². The van der Waals surface area contributed by atoms with Gasteiger partial charge >= 0.3 is 5.97 Å². The average Bonchev–Trinajstić information content (AvgIpc) is 2.26. The van der Waals surface area contributed by atoms with E-state index in [9.17, 15) is 9.00 Å². The number of rotatable bonds is 3. The fourth-order valence-electron chi connectivity index (χ4n) is 1.27. The molecule has 1 aromatic carbocycles. The van der Waals surface area contributed by atoms with E-state index < -0.39 is 17.0 Å². The van der Waals surface area contributed by atoms with Crippen LogP contribution in [-0.2, 0) is 15.8 Å². The summed E-state index contributed by atoms with van der Waals surface area (Å²) in [6, 6.07) is 4.52. The highest BCUT2D eigenvalue weighted by molar-refractivity contribution is 7.79. The summed E-state index contributed by atoms with van der Waals surface area (Å²) in [4.78, 5) is 13.1. The van der Waals surface area contributed by atoms with Gasteiger partial charge in [0.1, 0.15) is 0 Å². The quantitative estimate of drug-likeness (QED) is 0.636. The van der Waals surface area contributed by atoms with Gasteiger partial charge in [-0.25, -0.2) is 9.00 Å². The van der Waals surface area contributed by atoms with Gasteiger partial charge in [0.25, 0.3) is 0 Å². The van der Waals surface area contributed by atoms with Crippen molar-refractivity contribution in [2.45, 2.75) is 4.90 Å². The van der Waals surface area contributed by atoms with Crippen LogP contribution in [0, 0.1) is 0 Å². The Kier molecular flexibility index (Phi) is 4.03. The molecule has 0 fully saturated rings. The SMILES string of the molecule is COC(=O)c1ccc(N(C)C)c(S(=O)O)c1. The van der Waals surface area contributed by atoms with Gasteiger partial charge < -0.3 is 14.2 Å². The number of anilines is 1. The molecule has 0 radical (unpaired) electrons. The van der Waals surface area contributed by atoms with Gasteiger partial charge in [0.2, 0.25) is 0 Å². The normalized spacial score (nSPS) is 12.0. The average molecular weight is 243 g/mol.